The number of ether oxygens (including phenoxy) is 5. The van der Waals surface area contributed by atoms with E-state index in [1.807, 2.05) is 0 Å². The van der Waals surface area contributed by atoms with Crippen molar-refractivity contribution in [3.05, 3.63) is 89.5 Å². The van der Waals surface area contributed by atoms with Gasteiger partial charge in [0, 0.05) is 43.5 Å². The zero-order valence-corrected chi connectivity index (χ0v) is 30.5. The lowest BCUT2D eigenvalue weighted by atomic mass is 10.1. The Hall–Kier alpha value is -6.35. The Kier molecular flexibility index (Phi) is 10.5. The number of aliphatic imine (C=N–C) groups is 1. The summed E-state index contributed by atoms with van der Waals surface area (Å²) in [6, 6.07) is 12.1. The second-order valence-corrected chi connectivity index (χ2v) is 13.6. The third-order valence-corrected chi connectivity index (χ3v) is 9.93. The molecule has 4 amide bonds. The maximum atomic E-state index is 13.9. The van der Waals surface area contributed by atoms with Crippen LogP contribution in [0.15, 0.2) is 77.8 Å². The minimum atomic E-state index is -1.46. The molecule has 55 heavy (non-hydrogen) atoms. The van der Waals surface area contributed by atoms with Crippen LogP contribution in [0.25, 0.3) is 0 Å². The number of rotatable bonds is 12. The molecule has 0 bridgehead atoms. The van der Waals surface area contributed by atoms with Gasteiger partial charge in [-0.25, -0.2) is 9.69 Å². The molecule has 15 heteroatoms. The fourth-order valence-electron chi connectivity index (χ4n) is 7.19. The van der Waals surface area contributed by atoms with Crippen molar-refractivity contribution in [2.75, 3.05) is 50.7 Å². The van der Waals surface area contributed by atoms with Gasteiger partial charge in [-0.1, -0.05) is 36.4 Å². The molecule has 15 nitrogen and oxygen atoms in total. The quantitative estimate of drug-likeness (QED) is 0.148. The second-order valence-electron chi connectivity index (χ2n) is 13.6. The summed E-state index contributed by atoms with van der Waals surface area (Å²) in [5, 5.41) is 14.2. The maximum Gasteiger partial charge on any atom is 0.416 e. The molecule has 3 aromatic rings. The summed E-state index contributed by atoms with van der Waals surface area (Å²) in [4.78, 5) is 60.7. The SMILES string of the molecule is C=C1CC2C=Nc3cc(OCCCOc4cc5c(cc4OC)C(=O)N4CC(=C)CC4C(O)N5C(=O)OCc4ccc(NC=O)cc4)c(OC)cc3C(=O)N2C1. The first-order chi connectivity index (χ1) is 26.6. The van der Waals surface area contributed by atoms with Gasteiger partial charge < -0.3 is 43.9 Å². The monoisotopic (exact) mass is 751 g/mol. The van der Waals surface area contributed by atoms with Crippen LogP contribution in [0, 0.1) is 0 Å². The van der Waals surface area contributed by atoms with E-state index >= 15 is 0 Å². The highest BCUT2D eigenvalue weighted by Crippen LogP contribution is 2.42. The first kappa shape index (κ1) is 37.0. The number of nitrogens with zero attached hydrogens (tertiary/aromatic N) is 4. The van der Waals surface area contributed by atoms with Crippen LogP contribution in [0.5, 0.6) is 23.0 Å². The van der Waals surface area contributed by atoms with Gasteiger partial charge in [0.25, 0.3) is 11.8 Å². The van der Waals surface area contributed by atoms with Crippen molar-refractivity contribution >= 4 is 47.6 Å². The first-order valence-electron chi connectivity index (χ1n) is 17.7. The number of aliphatic hydroxyl groups excluding tert-OH is 1. The summed E-state index contributed by atoms with van der Waals surface area (Å²) in [7, 11) is 2.94. The number of hydrogen-bond acceptors (Lipinski definition) is 11. The molecule has 0 aromatic heterocycles. The number of benzene rings is 3. The Labute approximate surface area is 317 Å². The second kappa shape index (κ2) is 15.6. The van der Waals surface area contributed by atoms with Crippen LogP contribution in [0.3, 0.4) is 0 Å². The zero-order chi connectivity index (χ0) is 38.8. The number of fused-ring (bicyclic) bond motifs is 4. The molecule has 2 saturated heterocycles. The van der Waals surface area contributed by atoms with Crippen LogP contribution in [0.2, 0.25) is 0 Å². The van der Waals surface area contributed by atoms with Crippen molar-refractivity contribution < 1.29 is 48.0 Å². The highest BCUT2D eigenvalue weighted by atomic mass is 16.6. The maximum absolute atomic E-state index is 13.9. The van der Waals surface area contributed by atoms with Gasteiger partial charge >= 0.3 is 6.09 Å². The Bertz CT molecular complexity index is 2080. The number of hydrogen-bond donors (Lipinski definition) is 2. The van der Waals surface area contributed by atoms with Crippen molar-refractivity contribution in [3.8, 4) is 23.0 Å². The largest absolute Gasteiger partial charge is 0.493 e. The highest BCUT2D eigenvalue weighted by molar-refractivity contribution is 6.06. The van der Waals surface area contributed by atoms with E-state index in [1.54, 1.807) is 47.5 Å². The van der Waals surface area contributed by atoms with Gasteiger partial charge in [0.15, 0.2) is 29.2 Å². The van der Waals surface area contributed by atoms with E-state index in [1.165, 1.54) is 31.3 Å². The third-order valence-electron chi connectivity index (χ3n) is 9.93. The van der Waals surface area contributed by atoms with Crippen molar-refractivity contribution in [1.82, 2.24) is 9.80 Å². The van der Waals surface area contributed by atoms with E-state index in [2.05, 4.69) is 23.5 Å². The van der Waals surface area contributed by atoms with Gasteiger partial charge in [-0.15, -0.1) is 0 Å². The lowest BCUT2D eigenvalue weighted by Crippen LogP contribution is -2.50. The Morgan fingerprint density at radius 3 is 2.22 bits per heavy atom. The molecule has 3 aromatic carbocycles. The number of nitrogens with one attached hydrogen (secondary N) is 1. The average Bonchev–Trinajstić information content (AvgIpc) is 3.72. The molecule has 4 aliphatic heterocycles. The Balaban J connectivity index is 1.07. The molecule has 4 heterocycles. The average molecular weight is 752 g/mol. The summed E-state index contributed by atoms with van der Waals surface area (Å²) in [5.41, 5.74) is 4.05. The molecular formula is C40H41N5O10. The van der Waals surface area contributed by atoms with Crippen LogP contribution < -0.4 is 29.2 Å². The van der Waals surface area contributed by atoms with Crippen LogP contribution >= 0.6 is 0 Å². The normalized spacial score (nSPS) is 19.8. The van der Waals surface area contributed by atoms with Crippen LogP contribution in [0.4, 0.5) is 21.9 Å². The molecule has 7 rings (SSSR count). The molecule has 4 aliphatic rings. The molecule has 2 fully saturated rings. The fraction of sp³-hybridized carbons (Fsp3) is 0.325. The van der Waals surface area contributed by atoms with Crippen molar-refractivity contribution in [3.63, 3.8) is 0 Å². The highest BCUT2D eigenvalue weighted by Gasteiger charge is 2.46. The number of aliphatic hydroxyl groups is 1. The van der Waals surface area contributed by atoms with Gasteiger partial charge in [-0.05, 0) is 42.7 Å². The smallest absolute Gasteiger partial charge is 0.416 e. The van der Waals surface area contributed by atoms with Gasteiger partial charge in [0.2, 0.25) is 6.41 Å². The predicted molar refractivity (Wildman–Crippen MR) is 202 cm³/mol. The van der Waals surface area contributed by atoms with E-state index in [0.29, 0.717) is 66.2 Å². The van der Waals surface area contributed by atoms with Crippen LogP contribution in [-0.4, -0.2) is 104 Å². The molecule has 286 valence electrons. The summed E-state index contributed by atoms with van der Waals surface area (Å²) in [6.45, 7) is 8.95. The summed E-state index contributed by atoms with van der Waals surface area (Å²) in [6.07, 6.45) is 1.35. The Morgan fingerprint density at radius 2 is 1.53 bits per heavy atom. The van der Waals surface area contributed by atoms with E-state index in [9.17, 15) is 24.3 Å². The van der Waals surface area contributed by atoms with Crippen molar-refractivity contribution in [1.29, 1.82) is 0 Å². The van der Waals surface area contributed by atoms with Gasteiger partial charge in [0.1, 0.15) is 6.61 Å². The van der Waals surface area contributed by atoms with Crippen molar-refractivity contribution in [2.45, 2.75) is 44.2 Å². The van der Waals surface area contributed by atoms with E-state index < -0.39 is 24.3 Å². The number of anilines is 2. The molecular weight excluding hydrogens is 710 g/mol. The van der Waals surface area contributed by atoms with Crippen LogP contribution in [-0.2, 0) is 16.1 Å². The minimum Gasteiger partial charge on any atom is -0.493 e. The molecule has 3 atom stereocenters. The standard InChI is InChI=1S/C40H41N5O10/c1-23-12-27-18-41-30-16-35(33(51-3)14-28(30)37(47)43(27)19-23)53-10-5-11-54-36-17-31-29(15-34(36)52-4)38(48)44-20-24(2)13-32(44)39(49)45(31)40(50)55-21-25-6-8-26(9-7-25)42-22-46/h6-9,14-18,22,27,32,39,49H,1-2,5,10-13,19-21H2,3-4H3,(H,42,46). The topological polar surface area (TPSA) is 169 Å². The zero-order valence-electron chi connectivity index (χ0n) is 30.5. The van der Waals surface area contributed by atoms with Gasteiger partial charge in [-0.3, -0.25) is 19.4 Å². The van der Waals surface area contributed by atoms with Crippen LogP contribution in [0.1, 0.15) is 45.5 Å². The molecule has 0 aliphatic carbocycles. The van der Waals surface area contributed by atoms with E-state index in [-0.39, 0.29) is 61.1 Å². The molecule has 2 N–H and O–H groups in total. The first-order valence-corrected chi connectivity index (χ1v) is 17.7. The Morgan fingerprint density at radius 1 is 0.891 bits per heavy atom. The van der Waals surface area contributed by atoms with E-state index in [4.69, 9.17) is 23.7 Å². The van der Waals surface area contributed by atoms with Gasteiger partial charge in [0.05, 0.1) is 62.0 Å². The third kappa shape index (κ3) is 7.30. The number of carbonyl (C=O) groups is 4. The number of amides is 4. The lowest BCUT2D eigenvalue weighted by Gasteiger charge is -2.31. The lowest BCUT2D eigenvalue weighted by molar-refractivity contribution is -0.105. The minimum absolute atomic E-state index is 0.0923. The number of methoxy groups -OCH3 is 2. The summed E-state index contributed by atoms with van der Waals surface area (Å²) >= 11 is 0. The van der Waals surface area contributed by atoms with Crippen molar-refractivity contribution in [2.24, 2.45) is 4.99 Å². The van der Waals surface area contributed by atoms with E-state index in [0.717, 1.165) is 16.0 Å². The fourth-order valence-corrected chi connectivity index (χ4v) is 7.19. The molecule has 0 spiro atoms. The molecule has 0 saturated carbocycles. The van der Waals surface area contributed by atoms with Gasteiger partial charge in [-0.2, -0.15) is 0 Å². The summed E-state index contributed by atoms with van der Waals surface area (Å²) in [5.74, 6) is 0.724. The molecule has 0 radical (unpaired) electrons. The molecule has 3 unspecified atom stereocenters. The number of carbonyl (C=O) groups excluding carboxylic acids is 4. The summed E-state index contributed by atoms with van der Waals surface area (Å²) < 4.78 is 29.0. The predicted octanol–water partition coefficient (Wildman–Crippen LogP) is 4.85.